The first-order valence-corrected chi connectivity index (χ1v) is 12.2. The monoisotopic (exact) mass is 467 g/mol. The number of fused-ring (bicyclic) bond motifs is 1. The quantitative estimate of drug-likeness (QED) is 0.524. The third-order valence-corrected chi connectivity index (χ3v) is 7.80. The Morgan fingerprint density at radius 3 is 2.67 bits per heavy atom. The number of hydrogen-bond acceptors (Lipinski definition) is 5. The molecule has 0 aromatic heterocycles. The number of carbonyl (C=O) groups excluding carboxylic acids is 2. The van der Waals surface area contributed by atoms with Gasteiger partial charge in [-0.15, -0.1) is 0 Å². The molecule has 0 bridgehead atoms. The number of ether oxygens (including phenoxy) is 2. The molecule has 1 N–H and O–H groups in total. The van der Waals surface area contributed by atoms with Crippen LogP contribution in [0.25, 0.3) is 6.08 Å². The molecule has 6 nitrogen and oxygen atoms in total. The summed E-state index contributed by atoms with van der Waals surface area (Å²) in [5.74, 6) is 1.60. The first kappa shape index (κ1) is 23.4. The summed E-state index contributed by atoms with van der Waals surface area (Å²) in [5.41, 5.74) is 2.29. The highest BCUT2D eigenvalue weighted by Gasteiger charge is 2.38. The average Bonchev–Trinajstić information content (AvgIpc) is 2.83. The second-order valence-electron chi connectivity index (χ2n) is 8.75. The van der Waals surface area contributed by atoms with Gasteiger partial charge in [0.2, 0.25) is 5.71 Å². The number of thioether (sulfide) groups is 1. The van der Waals surface area contributed by atoms with E-state index in [0.717, 1.165) is 30.5 Å². The van der Waals surface area contributed by atoms with Crippen LogP contribution in [-0.2, 0) is 9.59 Å². The molecule has 7 heteroatoms. The van der Waals surface area contributed by atoms with Gasteiger partial charge in [0.25, 0.3) is 5.91 Å². The van der Waals surface area contributed by atoms with E-state index in [1.165, 1.54) is 18.2 Å². The maximum Gasteiger partial charge on any atom is 0.425 e. The van der Waals surface area contributed by atoms with Gasteiger partial charge in [0.15, 0.2) is 11.5 Å². The topological polar surface area (TPSA) is 67.6 Å². The lowest BCUT2D eigenvalue weighted by molar-refractivity contribution is -0.413. The third kappa shape index (κ3) is 4.93. The van der Waals surface area contributed by atoms with Crippen molar-refractivity contribution in [3.8, 4) is 11.5 Å². The number of carbonyl (C=O) groups is 2. The van der Waals surface area contributed by atoms with Crippen molar-refractivity contribution in [3.05, 3.63) is 52.5 Å². The van der Waals surface area contributed by atoms with Crippen LogP contribution in [0.3, 0.4) is 0 Å². The molecule has 0 radical (unpaired) electrons. The molecule has 1 aromatic rings. The van der Waals surface area contributed by atoms with Crippen molar-refractivity contribution in [2.75, 3.05) is 21.3 Å². The zero-order valence-corrected chi connectivity index (χ0v) is 20.4. The Morgan fingerprint density at radius 1 is 1.18 bits per heavy atom. The Balaban J connectivity index is 1.55. The van der Waals surface area contributed by atoms with Crippen molar-refractivity contribution >= 4 is 35.4 Å². The largest absolute Gasteiger partial charge is 0.493 e. The number of amides is 2. The van der Waals surface area contributed by atoms with E-state index in [2.05, 4.69) is 12.2 Å². The SMILES string of the molecule is COc1ccc(/C=C2\SC3C=CC(C(=O)NC4CCCCC4C)=CC3=[N+](C)C2=O)cc1OC. The van der Waals surface area contributed by atoms with Crippen LogP contribution < -0.4 is 14.8 Å². The van der Waals surface area contributed by atoms with Crippen LogP contribution in [0.15, 0.2) is 46.9 Å². The van der Waals surface area contributed by atoms with Gasteiger partial charge in [-0.3, -0.25) is 4.79 Å². The molecule has 1 fully saturated rings. The molecule has 3 atom stereocenters. The van der Waals surface area contributed by atoms with E-state index in [9.17, 15) is 9.59 Å². The van der Waals surface area contributed by atoms with Crippen LogP contribution in [0.1, 0.15) is 38.2 Å². The van der Waals surface area contributed by atoms with E-state index in [0.29, 0.717) is 27.9 Å². The second-order valence-corrected chi connectivity index (χ2v) is 9.93. The third-order valence-electron chi connectivity index (χ3n) is 6.60. The molecule has 3 unspecified atom stereocenters. The van der Waals surface area contributed by atoms with E-state index >= 15 is 0 Å². The number of rotatable bonds is 5. The molecule has 174 valence electrons. The summed E-state index contributed by atoms with van der Waals surface area (Å²) in [6.07, 6.45) is 12.2. The summed E-state index contributed by atoms with van der Waals surface area (Å²) in [5, 5.41) is 3.18. The fourth-order valence-corrected chi connectivity index (χ4v) is 5.77. The molecular weight excluding hydrogens is 436 g/mol. The number of allylic oxidation sites excluding steroid dienone is 1. The highest BCUT2D eigenvalue weighted by atomic mass is 32.2. The van der Waals surface area contributed by atoms with Gasteiger partial charge in [0, 0.05) is 17.7 Å². The summed E-state index contributed by atoms with van der Waals surface area (Å²) in [6.45, 7) is 2.20. The first-order valence-electron chi connectivity index (χ1n) is 11.4. The number of nitrogens with one attached hydrogen (secondary N) is 1. The van der Waals surface area contributed by atoms with Gasteiger partial charge in [0.05, 0.1) is 14.2 Å². The minimum atomic E-state index is -0.0896. The number of hydrogen-bond donors (Lipinski definition) is 1. The number of methoxy groups -OCH3 is 2. The lowest BCUT2D eigenvalue weighted by atomic mass is 9.85. The Hall–Kier alpha value is -2.80. The number of nitrogens with zero attached hydrogens (tertiary/aromatic N) is 1. The Morgan fingerprint density at radius 2 is 1.94 bits per heavy atom. The summed E-state index contributed by atoms with van der Waals surface area (Å²) in [7, 11) is 4.95. The van der Waals surface area contributed by atoms with Crippen LogP contribution in [0.5, 0.6) is 11.5 Å². The minimum absolute atomic E-state index is 0.0238. The molecule has 1 saturated carbocycles. The van der Waals surface area contributed by atoms with E-state index in [1.54, 1.807) is 25.8 Å². The summed E-state index contributed by atoms with van der Waals surface area (Å²) in [6, 6.07) is 5.79. The van der Waals surface area contributed by atoms with Crippen molar-refractivity contribution in [3.63, 3.8) is 0 Å². The molecule has 3 aliphatic rings. The molecule has 2 amide bonds. The van der Waals surface area contributed by atoms with Crippen LogP contribution >= 0.6 is 11.8 Å². The molecule has 2 aliphatic carbocycles. The maximum absolute atomic E-state index is 13.1. The smallest absolute Gasteiger partial charge is 0.425 e. The zero-order chi connectivity index (χ0) is 23.5. The highest BCUT2D eigenvalue weighted by molar-refractivity contribution is 8.05. The predicted octanol–water partition coefficient (Wildman–Crippen LogP) is 3.96. The van der Waals surface area contributed by atoms with Crippen LogP contribution in [0.2, 0.25) is 0 Å². The van der Waals surface area contributed by atoms with E-state index < -0.39 is 0 Å². The fourth-order valence-electron chi connectivity index (χ4n) is 4.55. The summed E-state index contributed by atoms with van der Waals surface area (Å²) >= 11 is 1.49. The van der Waals surface area contributed by atoms with Gasteiger partial charge in [0.1, 0.15) is 17.2 Å². The van der Waals surface area contributed by atoms with E-state index in [4.69, 9.17) is 9.47 Å². The molecule has 1 aromatic carbocycles. The van der Waals surface area contributed by atoms with Gasteiger partial charge >= 0.3 is 5.91 Å². The standard InChI is InChI=1S/C26H30N2O4S/c1-16-7-5-6-8-19(16)27-25(29)18-10-12-23-20(15-18)28(2)26(30)24(33-23)14-17-9-11-21(31-3)22(13-17)32-4/h9-16,19,23H,5-8H2,1-4H3/p+1/b24-14-. The lowest BCUT2D eigenvalue weighted by Crippen LogP contribution is -2.42. The summed E-state index contributed by atoms with van der Waals surface area (Å²) in [4.78, 5) is 26.6. The van der Waals surface area contributed by atoms with E-state index in [1.807, 2.05) is 42.5 Å². The Labute approximate surface area is 199 Å². The van der Waals surface area contributed by atoms with Crippen molar-refractivity contribution in [1.29, 1.82) is 0 Å². The average molecular weight is 468 g/mol. The van der Waals surface area contributed by atoms with Crippen LogP contribution in [0, 0.1) is 5.92 Å². The Kier molecular flexibility index (Phi) is 7.08. The summed E-state index contributed by atoms with van der Waals surface area (Å²) < 4.78 is 12.3. The van der Waals surface area contributed by atoms with Crippen molar-refractivity contribution in [2.24, 2.45) is 5.92 Å². The van der Waals surface area contributed by atoms with Crippen LogP contribution in [0.4, 0.5) is 0 Å². The van der Waals surface area contributed by atoms with Gasteiger partial charge in [-0.2, -0.15) is 4.58 Å². The van der Waals surface area contributed by atoms with Crippen molar-refractivity contribution in [2.45, 2.75) is 43.9 Å². The minimum Gasteiger partial charge on any atom is -0.493 e. The van der Waals surface area contributed by atoms with Crippen LogP contribution in [-0.4, -0.2) is 54.7 Å². The Bertz CT molecular complexity index is 1090. The lowest BCUT2D eigenvalue weighted by Gasteiger charge is -2.30. The van der Waals surface area contributed by atoms with Gasteiger partial charge < -0.3 is 14.8 Å². The van der Waals surface area contributed by atoms with Gasteiger partial charge in [-0.1, -0.05) is 49.7 Å². The van der Waals surface area contributed by atoms with Gasteiger partial charge in [-0.25, -0.2) is 4.79 Å². The predicted molar refractivity (Wildman–Crippen MR) is 132 cm³/mol. The maximum atomic E-state index is 13.1. The van der Waals surface area contributed by atoms with Crippen molar-refractivity contribution in [1.82, 2.24) is 5.32 Å². The van der Waals surface area contributed by atoms with Gasteiger partial charge in [-0.05, 0) is 42.5 Å². The molecule has 33 heavy (non-hydrogen) atoms. The molecule has 0 spiro atoms. The first-order chi connectivity index (χ1) is 15.9. The highest BCUT2D eigenvalue weighted by Crippen LogP contribution is 2.35. The zero-order valence-electron chi connectivity index (χ0n) is 19.6. The van der Waals surface area contributed by atoms with Crippen molar-refractivity contribution < 1.29 is 23.6 Å². The normalized spacial score (nSPS) is 26.1. The molecule has 0 saturated heterocycles. The number of likely N-dealkylation sites (N-methyl/N-ethyl adjacent to an activating group) is 1. The second kappa shape index (κ2) is 10.00. The molecule has 4 rings (SSSR count). The fraction of sp³-hybridized carbons (Fsp3) is 0.423. The molecular formula is C26H31N2O4S+. The molecule has 1 aliphatic heterocycles. The molecule has 1 heterocycles. The number of benzene rings is 1. The van der Waals surface area contributed by atoms with E-state index in [-0.39, 0.29) is 23.1 Å².